The summed E-state index contributed by atoms with van der Waals surface area (Å²) >= 11 is 0. The van der Waals surface area contributed by atoms with E-state index in [4.69, 9.17) is 4.98 Å². The van der Waals surface area contributed by atoms with Crippen molar-refractivity contribution in [2.45, 2.75) is 20.8 Å². The van der Waals surface area contributed by atoms with E-state index >= 15 is 0 Å². The number of H-pyrrole nitrogens is 1. The number of rotatable bonds is 5. The molecule has 0 aliphatic rings. The van der Waals surface area contributed by atoms with E-state index in [1.54, 1.807) is 6.33 Å². The van der Waals surface area contributed by atoms with Crippen molar-refractivity contribution in [3.8, 4) is 33.6 Å². The molecule has 0 atom stereocenters. The standard InChI is InChI=1S/C27H27N7O/c1-7-23(35)31-21-10-18(9-8-15(21)2)25-24-16(3)19(20-12-30-34(6)17(20)4)11-28-27(24)32-26(25)22-13-33(5)14-29-22/h7-14H,1H2,2-6H3,(H,28,32)(H,31,35). The lowest BCUT2D eigenvalue weighted by molar-refractivity contribution is -0.111. The predicted octanol–water partition coefficient (Wildman–Crippen LogP) is 5.08. The van der Waals surface area contributed by atoms with Crippen molar-refractivity contribution in [3.63, 3.8) is 0 Å². The SMILES string of the molecule is C=CC(=O)Nc1cc(-c2c(-c3cn(C)cn3)[nH]c3ncc(-c4cnn(C)c4C)c(C)c23)ccc1C. The van der Waals surface area contributed by atoms with Gasteiger partial charge in [-0.3, -0.25) is 9.48 Å². The molecule has 176 valence electrons. The van der Waals surface area contributed by atoms with Crippen LogP contribution in [0.2, 0.25) is 0 Å². The molecule has 1 aromatic carbocycles. The van der Waals surface area contributed by atoms with Crippen LogP contribution in [-0.2, 0) is 18.9 Å². The molecule has 5 aromatic rings. The van der Waals surface area contributed by atoms with E-state index in [0.29, 0.717) is 0 Å². The van der Waals surface area contributed by atoms with Gasteiger partial charge in [-0.15, -0.1) is 0 Å². The summed E-state index contributed by atoms with van der Waals surface area (Å²) in [5.74, 6) is -0.249. The molecule has 8 nitrogen and oxygen atoms in total. The fourth-order valence-corrected chi connectivity index (χ4v) is 4.46. The minimum Gasteiger partial charge on any atom is -0.340 e. The molecule has 0 aliphatic heterocycles. The number of benzene rings is 1. The highest BCUT2D eigenvalue weighted by Crippen LogP contribution is 2.42. The van der Waals surface area contributed by atoms with Crippen molar-refractivity contribution in [2.24, 2.45) is 14.1 Å². The molecule has 5 rings (SSSR count). The number of pyridine rings is 1. The Labute approximate surface area is 203 Å². The molecule has 0 spiro atoms. The number of aromatic amines is 1. The van der Waals surface area contributed by atoms with Crippen LogP contribution in [0.4, 0.5) is 5.69 Å². The van der Waals surface area contributed by atoms with Crippen LogP contribution in [0.5, 0.6) is 0 Å². The Bertz CT molecular complexity index is 1620. The number of nitrogens with zero attached hydrogens (tertiary/aromatic N) is 5. The van der Waals surface area contributed by atoms with Crippen LogP contribution in [-0.4, -0.2) is 35.2 Å². The summed E-state index contributed by atoms with van der Waals surface area (Å²) in [5.41, 5.74) is 10.4. The maximum atomic E-state index is 12.1. The van der Waals surface area contributed by atoms with E-state index in [9.17, 15) is 4.79 Å². The Morgan fingerprint density at radius 3 is 2.57 bits per heavy atom. The van der Waals surface area contributed by atoms with Crippen LogP contribution in [0.3, 0.4) is 0 Å². The van der Waals surface area contributed by atoms with Crippen LogP contribution in [0.25, 0.3) is 44.7 Å². The molecule has 8 heteroatoms. The number of hydrogen-bond donors (Lipinski definition) is 2. The smallest absolute Gasteiger partial charge is 0.247 e. The minimum atomic E-state index is -0.249. The maximum Gasteiger partial charge on any atom is 0.247 e. The summed E-state index contributed by atoms with van der Waals surface area (Å²) in [6.45, 7) is 9.70. The van der Waals surface area contributed by atoms with Gasteiger partial charge in [0.25, 0.3) is 0 Å². The third-order valence-electron chi connectivity index (χ3n) is 6.54. The lowest BCUT2D eigenvalue weighted by Gasteiger charge is -2.12. The van der Waals surface area contributed by atoms with Crippen molar-refractivity contribution >= 4 is 22.6 Å². The van der Waals surface area contributed by atoms with Gasteiger partial charge in [0.1, 0.15) is 11.3 Å². The number of nitrogens with one attached hydrogen (secondary N) is 2. The molecular formula is C27H27N7O. The largest absolute Gasteiger partial charge is 0.340 e. The number of anilines is 1. The summed E-state index contributed by atoms with van der Waals surface area (Å²) in [5, 5.41) is 8.36. The Balaban J connectivity index is 1.81. The van der Waals surface area contributed by atoms with Gasteiger partial charge in [0.2, 0.25) is 5.91 Å². The van der Waals surface area contributed by atoms with Gasteiger partial charge < -0.3 is 14.9 Å². The van der Waals surface area contributed by atoms with Gasteiger partial charge in [-0.25, -0.2) is 9.97 Å². The summed E-state index contributed by atoms with van der Waals surface area (Å²) < 4.78 is 3.78. The summed E-state index contributed by atoms with van der Waals surface area (Å²) in [7, 11) is 3.88. The van der Waals surface area contributed by atoms with E-state index in [1.165, 1.54) is 6.08 Å². The van der Waals surface area contributed by atoms with Crippen molar-refractivity contribution in [3.05, 3.63) is 72.6 Å². The number of carbonyl (C=O) groups is 1. The zero-order valence-electron chi connectivity index (χ0n) is 20.5. The molecule has 0 aliphatic carbocycles. The van der Waals surface area contributed by atoms with Crippen molar-refractivity contribution in [1.82, 2.24) is 29.3 Å². The highest BCUT2D eigenvalue weighted by molar-refractivity contribution is 6.07. The highest BCUT2D eigenvalue weighted by Gasteiger charge is 2.22. The fraction of sp³-hybridized carbons (Fsp3) is 0.185. The Morgan fingerprint density at radius 1 is 1.11 bits per heavy atom. The quantitative estimate of drug-likeness (QED) is 0.354. The number of amides is 1. The van der Waals surface area contributed by atoms with Crippen LogP contribution in [0.15, 0.2) is 55.8 Å². The number of hydrogen-bond acceptors (Lipinski definition) is 4. The van der Waals surface area contributed by atoms with Crippen LogP contribution in [0.1, 0.15) is 16.8 Å². The molecule has 0 saturated heterocycles. The first-order valence-corrected chi connectivity index (χ1v) is 11.3. The van der Waals surface area contributed by atoms with E-state index in [0.717, 1.165) is 67.2 Å². The zero-order valence-corrected chi connectivity index (χ0v) is 20.5. The van der Waals surface area contributed by atoms with Gasteiger partial charge in [-0.2, -0.15) is 5.10 Å². The summed E-state index contributed by atoms with van der Waals surface area (Å²) in [4.78, 5) is 25.0. The van der Waals surface area contributed by atoms with E-state index in [2.05, 4.69) is 46.9 Å². The number of aromatic nitrogens is 6. The second-order valence-electron chi connectivity index (χ2n) is 8.81. The van der Waals surface area contributed by atoms with Crippen LogP contribution < -0.4 is 5.32 Å². The van der Waals surface area contributed by atoms with E-state index < -0.39 is 0 Å². The molecule has 0 saturated carbocycles. The fourth-order valence-electron chi connectivity index (χ4n) is 4.46. The highest BCUT2D eigenvalue weighted by atomic mass is 16.1. The predicted molar refractivity (Wildman–Crippen MR) is 139 cm³/mol. The summed E-state index contributed by atoms with van der Waals surface area (Å²) in [6.07, 6.45) is 8.80. The number of carbonyl (C=O) groups excluding carboxylic acids is 1. The Kier molecular flexibility index (Phi) is 5.36. The molecule has 1 amide bonds. The monoisotopic (exact) mass is 465 g/mol. The topological polar surface area (TPSA) is 93.4 Å². The first kappa shape index (κ1) is 22.3. The second-order valence-corrected chi connectivity index (χ2v) is 8.81. The van der Waals surface area contributed by atoms with Crippen molar-refractivity contribution in [2.75, 3.05) is 5.32 Å². The first-order chi connectivity index (χ1) is 16.8. The van der Waals surface area contributed by atoms with Gasteiger partial charge >= 0.3 is 0 Å². The molecule has 0 fully saturated rings. The van der Waals surface area contributed by atoms with Gasteiger partial charge in [-0.1, -0.05) is 18.7 Å². The van der Waals surface area contributed by atoms with Crippen molar-refractivity contribution in [1.29, 1.82) is 0 Å². The molecular weight excluding hydrogens is 438 g/mol. The molecule has 0 unspecified atom stereocenters. The number of imidazole rings is 1. The minimum absolute atomic E-state index is 0.249. The Morgan fingerprint density at radius 2 is 1.91 bits per heavy atom. The molecule has 4 aromatic heterocycles. The molecule has 0 bridgehead atoms. The average molecular weight is 466 g/mol. The maximum absolute atomic E-state index is 12.1. The Hall–Kier alpha value is -4.46. The molecule has 35 heavy (non-hydrogen) atoms. The second kappa shape index (κ2) is 8.39. The number of aryl methyl sites for hydroxylation is 4. The normalized spacial score (nSPS) is 11.2. The van der Waals surface area contributed by atoms with Crippen LogP contribution in [0, 0.1) is 20.8 Å². The number of fused-ring (bicyclic) bond motifs is 1. The molecule has 2 N–H and O–H groups in total. The summed E-state index contributed by atoms with van der Waals surface area (Å²) in [6, 6.07) is 6.07. The van der Waals surface area contributed by atoms with Gasteiger partial charge in [-0.05, 0) is 49.6 Å². The van der Waals surface area contributed by atoms with Crippen LogP contribution >= 0.6 is 0 Å². The third-order valence-corrected chi connectivity index (χ3v) is 6.54. The van der Waals surface area contributed by atoms with Gasteiger partial charge in [0, 0.05) is 59.9 Å². The zero-order chi connectivity index (χ0) is 24.9. The first-order valence-electron chi connectivity index (χ1n) is 11.3. The molecule has 0 radical (unpaired) electrons. The lowest BCUT2D eigenvalue weighted by atomic mass is 9.94. The van der Waals surface area contributed by atoms with Crippen molar-refractivity contribution < 1.29 is 4.79 Å². The van der Waals surface area contributed by atoms with E-state index in [-0.39, 0.29) is 5.91 Å². The van der Waals surface area contributed by atoms with Gasteiger partial charge in [0.15, 0.2) is 0 Å². The molecule has 4 heterocycles. The lowest BCUT2D eigenvalue weighted by Crippen LogP contribution is -2.08. The third kappa shape index (κ3) is 3.73. The average Bonchev–Trinajstić information content (AvgIpc) is 3.53. The van der Waals surface area contributed by atoms with E-state index in [1.807, 2.05) is 61.0 Å². The van der Waals surface area contributed by atoms with Gasteiger partial charge in [0.05, 0.1) is 18.2 Å².